The fourth-order valence-corrected chi connectivity index (χ4v) is 2.10. The zero-order valence-electron chi connectivity index (χ0n) is 9.30. The minimum atomic E-state index is 0.672. The topological polar surface area (TPSA) is 46.8 Å². The number of furan rings is 1. The summed E-state index contributed by atoms with van der Waals surface area (Å²) in [6, 6.07) is 5.89. The van der Waals surface area contributed by atoms with Gasteiger partial charge in [0.15, 0.2) is 10.4 Å². The van der Waals surface area contributed by atoms with Crippen LogP contribution in [0.3, 0.4) is 0 Å². The van der Waals surface area contributed by atoms with Gasteiger partial charge in [-0.15, -0.1) is 0 Å². The molecule has 1 N–H and O–H groups in total. The van der Waals surface area contributed by atoms with Gasteiger partial charge in [0.05, 0.1) is 24.6 Å². The number of hydrogen-bond donors (Lipinski definition) is 1. The highest BCUT2D eigenvalue weighted by Crippen LogP contribution is 2.14. The maximum absolute atomic E-state index is 5.31. The molecule has 0 aliphatic rings. The summed E-state index contributed by atoms with van der Waals surface area (Å²) in [5, 5.41) is 0. The van der Waals surface area contributed by atoms with Crippen LogP contribution in [0.5, 0.6) is 0 Å². The van der Waals surface area contributed by atoms with E-state index in [4.69, 9.17) is 16.6 Å². The van der Waals surface area contributed by atoms with Gasteiger partial charge >= 0.3 is 0 Å². The lowest BCUT2D eigenvalue weighted by molar-refractivity contribution is 0.562. The van der Waals surface area contributed by atoms with E-state index in [0.29, 0.717) is 11.3 Å². The third kappa shape index (κ3) is 1.78. The Labute approximate surface area is 103 Å². The van der Waals surface area contributed by atoms with Crippen molar-refractivity contribution in [1.82, 2.24) is 14.5 Å². The minimum absolute atomic E-state index is 0.672. The van der Waals surface area contributed by atoms with Gasteiger partial charge in [-0.3, -0.25) is 4.57 Å². The van der Waals surface area contributed by atoms with Crippen molar-refractivity contribution in [1.29, 1.82) is 0 Å². The Hall–Kier alpha value is -1.88. The van der Waals surface area contributed by atoms with Gasteiger partial charge in [-0.2, -0.15) is 0 Å². The average molecular weight is 245 g/mol. The Morgan fingerprint density at radius 3 is 3.06 bits per heavy atom. The monoisotopic (exact) mass is 245 g/mol. The Morgan fingerprint density at radius 1 is 1.41 bits per heavy atom. The lowest BCUT2D eigenvalue weighted by atomic mass is 10.3. The fraction of sp³-hybridized carbons (Fsp3) is 0.167. The maximum atomic E-state index is 5.31. The van der Waals surface area contributed by atoms with E-state index >= 15 is 0 Å². The second-order valence-corrected chi connectivity index (χ2v) is 4.36. The fourth-order valence-electron chi connectivity index (χ4n) is 1.84. The van der Waals surface area contributed by atoms with Crippen LogP contribution in [0, 0.1) is 11.7 Å². The number of hydrogen-bond acceptors (Lipinski definition) is 3. The first-order valence-electron chi connectivity index (χ1n) is 5.31. The molecule has 0 radical (unpaired) electrons. The largest absolute Gasteiger partial charge is 0.472 e. The van der Waals surface area contributed by atoms with E-state index in [1.54, 1.807) is 12.5 Å². The van der Waals surface area contributed by atoms with Crippen molar-refractivity contribution < 1.29 is 4.42 Å². The summed E-state index contributed by atoms with van der Waals surface area (Å²) in [6.07, 6.45) is 3.38. The van der Waals surface area contributed by atoms with Crippen molar-refractivity contribution in [2.45, 2.75) is 13.5 Å². The summed E-state index contributed by atoms with van der Waals surface area (Å²) in [5.41, 5.74) is 3.90. The SMILES string of the molecule is Cc1ccc2[nH]c(=S)n(Cc3ccoc3)c2n1. The molecule has 17 heavy (non-hydrogen) atoms. The molecule has 0 fully saturated rings. The number of rotatable bonds is 2. The van der Waals surface area contributed by atoms with E-state index in [9.17, 15) is 0 Å². The normalized spacial score (nSPS) is 11.1. The molecule has 0 aliphatic heterocycles. The van der Waals surface area contributed by atoms with Crippen molar-refractivity contribution in [2.75, 3.05) is 0 Å². The molecule has 0 bridgehead atoms. The van der Waals surface area contributed by atoms with Crippen LogP contribution in [-0.2, 0) is 6.54 Å². The number of H-pyrrole nitrogens is 1. The maximum Gasteiger partial charge on any atom is 0.179 e. The molecular formula is C12H11N3OS. The molecule has 3 heterocycles. The molecule has 0 saturated heterocycles. The lowest BCUT2D eigenvalue weighted by Gasteiger charge is -2.01. The Morgan fingerprint density at radius 2 is 2.29 bits per heavy atom. The van der Waals surface area contributed by atoms with Crippen LogP contribution in [0.4, 0.5) is 0 Å². The molecule has 5 heteroatoms. The first-order valence-corrected chi connectivity index (χ1v) is 5.72. The van der Waals surface area contributed by atoms with E-state index in [1.165, 1.54) is 0 Å². The van der Waals surface area contributed by atoms with Crippen LogP contribution in [0.25, 0.3) is 11.2 Å². The van der Waals surface area contributed by atoms with Gasteiger partial charge in [0.25, 0.3) is 0 Å². The number of nitrogens with one attached hydrogen (secondary N) is 1. The molecule has 0 atom stereocenters. The molecule has 3 aromatic rings. The summed E-state index contributed by atoms with van der Waals surface area (Å²) in [7, 11) is 0. The first-order chi connectivity index (χ1) is 8.24. The number of aryl methyl sites for hydroxylation is 1. The predicted molar refractivity (Wildman–Crippen MR) is 67.5 cm³/mol. The average Bonchev–Trinajstić information content (AvgIpc) is 2.90. The van der Waals surface area contributed by atoms with E-state index in [1.807, 2.05) is 29.7 Å². The van der Waals surface area contributed by atoms with E-state index < -0.39 is 0 Å². The van der Waals surface area contributed by atoms with Gasteiger partial charge in [0.2, 0.25) is 0 Å². The van der Waals surface area contributed by atoms with Crippen LogP contribution in [-0.4, -0.2) is 14.5 Å². The summed E-state index contributed by atoms with van der Waals surface area (Å²) < 4.78 is 7.72. The van der Waals surface area contributed by atoms with Gasteiger partial charge in [-0.1, -0.05) is 0 Å². The molecule has 0 spiro atoms. The number of aromatic amines is 1. The second kappa shape index (κ2) is 3.85. The molecule has 3 aromatic heterocycles. The number of pyridine rings is 1. The molecule has 0 aliphatic carbocycles. The zero-order valence-corrected chi connectivity index (χ0v) is 10.1. The van der Waals surface area contributed by atoms with Gasteiger partial charge < -0.3 is 9.40 Å². The molecule has 4 nitrogen and oxygen atoms in total. The number of imidazole rings is 1. The third-order valence-corrected chi connectivity index (χ3v) is 3.00. The minimum Gasteiger partial charge on any atom is -0.472 e. The first kappa shape index (κ1) is 10.3. The predicted octanol–water partition coefficient (Wildman–Crippen LogP) is 3.04. The van der Waals surface area contributed by atoms with E-state index in [2.05, 4.69) is 9.97 Å². The van der Waals surface area contributed by atoms with Crippen LogP contribution < -0.4 is 0 Å². The molecule has 0 unspecified atom stereocenters. The highest BCUT2D eigenvalue weighted by atomic mass is 32.1. The number of nitrogens with zero attached hydrogens (tertiary/aromatic N) is 2. The highest BCUT2D eigenvalue weighted by Gasteiger charge is 2.07. The van der Waals surface area contributed by atoms with Gasteiger partial charge in [-0.05, 0) is 37.3 Å². The third-order valence-electron chi connectivity index (χ3n) is 2.68. The quantitative estimate of drug-likeness (QED) is 0.706. The molecule has 3 rings (SSSR count). The van der Waals surface area contributed by atoms with Crippen molar-refractivity contribution >= 4 is 23.4 Å². The number of aromatic nitrogens is 3. The van der Waals surface area contributed by atoms with Crippen LogP contribution in [0.15, 0.2) is 35.1 Å². The molecular weight excluding hydrogens is 234 g/mol. The van der Waals surface area contributed by atoms with Gasteiger partial charge in [0.1, 0.15) is 0 Å². The summed E-state index contributed by atoms with van der Waals surface area (Å²) in [6.45, 7) is 2.64. The van der Waals surface area contributed by atoms with Crippen LogP contribution in [0.1, 0.15) is 11.3 Å². The molecule has 86 valence electrons. The molecule has 0 saturated carbocycles. The van der Waals surface area contributed by atoms with Gasteiger partial charge in [-0.25, -0.2) is 4.98 Å². The summed E-state index contributed by atoms with van der Waals surface area (Å²) in [4.78, 5) is 7.66. The summed E-state index contributed by atoms with van der Waals surface area (Å²) >= 11 is 5.31. The lowest BCUT2D eigenvalue weighted by Crippen LogP contribution is -2.00. The van der Waals surface area contributed by atoms with Crippen molar-refractivity contribution in [3.05, 3.63) is 46.8 Å². The second-order valence-electron chi connectivity index (χ2n) is 3.97. The summed E-state index contributed by atoms with van der Waals surface area (Å²) in [5.74, 6) is 0. The Balaban J connectivity index is 2.17. The highest BCUT2D eigenvalue weighted by molar-refractivity contribution is 7.71. The Kier molecular flexibility index (Phi) is 2.33. The van der Waals surface area contributed by atoms with Crippen LogP contribution >= 0.6 is 12.2 Å². The van der Waals surface area contributed by atoms with Crippen LogP contribution in [0.2, 0.25) is 0 Å². The smallest absolute Gasteiger partial charge is 0.179 e. The van der Waals surface area contributed by atoms with Gasteiger partial charge in [0, 0.05) is 11.3 Å². The van der Waals surface area contributed by atoms with Crippen molar-refractivity contribution in [2.24, 2.45) is 0 Å². The molecule has 0 amide bonds. The Bertz CT molecular complexity index is 709. The standard InChI is InChI=1S/C12H11N3OS/c1-8-2-3-10-11(13-8)15(12(17)14-10)6-9-4-5-16-7-9/h2-5,7H,6H2,1H3,(H,14,17). The van der Waals surface area contributed by atoms with Crippen molar-refractivity contribution in [3.8, 4) is 0 Å². The zero-order chi connectivity index (χ0) is 11.8. The molecule has 0 aromatic carbocycles. The van der Waals surface area contributed by atoms with E-state index in [0.717, 1.165) is 22.4 Å². The van der Waals surface area contributed by atoms with E-state index in [-0.39, 0.29) is 0 Å². The number of fused-ring (bicyclic) bond motifs is 1. The van der Waals surface area contributed by atoms with Crippen molar-refractivity contribution in [3.63, 3.8) is 0 Å².